The average Bonchev–Trinajstić information content (AvgIpc) is 2.76. The van der Waals surface area contributed by atoms with Crippen LogP contribution < -0.4 is 5.32 Å². The maximum Gasteiger partial charge on any atom is 0.107 e. The van der Waals surface area contributed by atoms with E-state index in [4.69, 9.17) is 4.74 Å². The predicted molar refractivity (Wildman–Crippen MR) is 62.2 cm³/mol. The minimum Gasteiger partial charge on any atom is -0.381 e. The van der Waals surface area contributed by atoms with Crippen LogP contribution in [0, 0.1) is 0 Å². The Morgan fingerprint density at radius 3 is 3.00 bits per heavy atom. The normalized spacial score (nSPS) is 18.2. The summed E-state index contributed by atoms with van der Waals surface area (Å²) in [6, 6.07) is 0.618. The van der Waals surface area contributed by atoms with Crippen molar-refractivity contribution < 1.29 is 4.74 Å². The molecule has 15 heavy (non-hydrogen) atoms. The highest BCUT2D eigenvalue weighted by molar-refractivity contribution is 7.11. The second-order valence-electron chi connectivity index (χ2n) is 3.84. The van der Waals surface area contributed by atoms with E-state index in [0.717, 1.165) is 39.0 Å². The van der Waals surface area contributed by atoms with Crippen LogP contribution >= 0.6 is 11.3 Å². The molecule has 1 N–H and O–H groups in total. The van der Waals surface area contributed by atoms with Crippen molar-refractivity contribution in [2.45, 2.75) is 38.8 Å². The molecule has 1 aliphatic rings. The molecule has 0 radical (unpaired) electrons. The molecule has 0 bridgehead atoms. The van der Waals surface area contributed by atoms with Crippen molar-refractivity contribution in [2.75, 3.05) is 13.2 Å². The van der Waals surface area contributed by atoms with Crippen LogP contribution in [0.25, 0.3) is 0 Å². The largest absolute Gasteiger partial charge is 0.381 e. The van der Waals surface area contributed by atoms with E-state index in [1.165, 1.54) is 9.88 Å². The van der Waals surface area contributed by atoms with Gasteiger partial charge in [-0.2, -0.15) is 0 Å². The molecule has 1 aromatic heterocycles. The molecule has 84 valence electrons. The van der Waals surface area contributed by atoms with Crippen LogP contribution in [-0.2, 0) is 17.7 Å². The third-order valence-corrected chi connectivity index (χ3v) is 3.85. The number of ether oxygens (including phenoxy) is 1. The van der Waals surface area contributed by atoms with E-state index < -0.39 is 0 Å². The molecule has 0 unspecified atom stereocenters. The second kappa shape index (κ2) is 5.58. The first-order valence-corrected chi connectivity index (χ1v) is 6.45. The number of nitrogens with zero attached hydrogens (tertiary/aromatic N) is 1. The van der Waals surface area contributed by atoms with E-state index in [1.54, 1.807) is 0 Å². The molecule has 0 saturated carbocycles. The predicted octanol–water partition coefficient (Wildman–Crippen LogP) is 1.97. The highest BCUT2D eigenvalue weighted by Crippen LogP contribution is 2.14. The Bertz CT molecular complexity index is 295. The first kappa shape index (κ1) is 11.0. The lowest BCUT2D eigenvalue weighted by Gasteiger charge is -2.22. The first-order valence-electron chi connectivity index (χ1n) is 5.63. The first-order chi connectivity index (χ1) is 7.38. The molecule has 0 atom stereocenters. The molecule has 0 aliphatic carbocycles. The van der Waals surface area contributed by atoms with Gasteiger partial charge < -0.3 is 10.1 Å². The fourth-order valence-corrected chi connectivity index (χ4v) is 2.54. The van der Waals surface area contributed by atoms with E-state index in [2.05, 4.69) is 17.2 Å². The molecule has 2 rings (SSSR count). The number of aromatic nitrogens is 1. The number of rotatable bonds is 4. The third-order valence-electron chi connectivity index (χ3n) is 2.71. The van der Waals surface area contributed by atoms with Crippen LogP contribution in [0.1, 0.15) is 29.7 Å². The molecule has 3 nitrogen and oxygen atoms in total. The Kier molecular flexibility index (Phi) is 4.11. The molecule has 0 aromatic carbocycles. The summed E-state index contributed by atoms with van der Waals surface area (Å²) in [7, 11) is 0. The summed E-state index contributed by atoms with van der Waals surface area (Å²) in [4.78, 5) is 5.77. The monoisotopic (exact) mass is 226 g/mol. The zero-order valence-corrected chi connectivity index (χ0v) is 9.98. The minimum atomic E-state index is 0.618. The number of hydrogen-bond donors (Lipinski definition) is 1. The lowest BCUT2D eigenvalue weighted by atomic mass is 10.1. The van der Waals surface area contributed by atoms with Crippen molar-refractivity contribution >= 4 is 11.3 Å². The number of nitrogens with one attached hydrogen (secondary N) is 1. The van der Waals surface area contributed by atoms with Gasteiger partial charge in [0.25, 0.3) is 0 Å². The van der Waals surface area contributed by atoms with Crippen molar-refractivity contribution in [1.82, 2.24) is 10.3 Å². The van der Waals surface area contributed by atoms with E-state index in [9.17, 15) is 0 Å². The standard InChI is InChI=1S/C11H18N2OS/c1-2-10-7-13-11(15-10)8-12-9-3-5-14-6-4-9/h7,9,12H,2-6,8H2,1H3. The van der Waals surface area contributed by atoms with E-state index >= 15 is 0 Å². The van der Waals surface area contributed by atoms with Gasteiger partial charge in [0.2, 0.25) is 0 Å². The lowest BCUT2D eigenvalue weighted by molar-refractivity contribution is 0.0776. The summed E-state index contributed by atoms with van der Waals surface area (Å²) < 4.78 is 5.32. The highest BCUT2D eigenvalue weighted by Gasteiger charge is 2.13. The molecular weight excluding hydrogens is 208 g/mol. The lowest BCUT2D eigenvalue weighted by Crippen LogP contribution is -2.34. The molecule has 2 heterocycles. The van der Waals surface area contributed by atoms with Crippen LogP contribution in [0.4, 0.5) is 0 Å². The van der Waals surface area contributed by atoms with Gasteiger partial charge in [-0.3, -0.25) is 0 Å². The van der Waals surface area contributed by atoms with Gasteiger partial charge in [-0.1, -0.05) is 6.92 Å². The van der Waals surface area contributed by atoms with Crippen LogP contribution in [-0.4, -0.2) is 24.2 Å². The molecular formula is C11H18N2OS. The van der Waals surface area contributed by atoms with Gasteiger partial charge in [0.05, 0.1) is 0 Å². The van der Waals surface area contributed by atoms with Gasteiger partial charge in [0.1, 0.15) is 5.01 Å². The second-order valence-corrected chi connectivity index (χ2v) is 5.04. The summed E-state index contributed by atoms with van der Waals surface area (Å²) in [6.07, 6.45) is 5.35. The molecule has 1 saturated heterocycles. The molecule has 1 aromatic rings. The number of hydrogen-bond acceptors (Lipinski definition) is 4. The van der Waals surface area contributed by atoms with Crippen molar-refractivity contribution in [3.8, 4) is 0 Å². The van der Waals surface area contributed by atoms with Crippen molar-refractivity contribution in [1.29, 1.82) is 0 Å². The summed E-state index contributed by atoms with van der Waals surface area (Å²) in [5, 5.41) is 4.75. The summed E-state index contributed by atoms with van der Waals surface area (Å²) in [6.45, 7) is 4.88. The van der Waals surface area contributed by atoms with E-state index in [1.807, 2.05) is 17.5 Å². The Morgan fingerprint density at radius 2 is 2.33 bits per heavy atom. The summed E-state index contributed by atoms with van der Waals surface area (Å²) >= 11 is 1.82. The summed E-state index contributed by atoms with van der Waals surface area (Å²) in [5.74, 6) is 0. The Hall–Kier alpha value is -0.450. The molecule has 4 heteroatoms. The number of aryl methyl sites for hydroxylation is 1. The zero-order valence-electron chi connectivity index (χ0n) is 9.16. The SMILES string of the molecule is CCc1cnc(CNC2CCOCC2)s1. The van der Waals surface area contributed by atoms with Gasteiger partial charge in [0.15, 0.2) is 0 Å². The van der Waals surface area contributed by atoms with Gasteiger partial charge in [-0.05, 0) is 19.3 Å². The molecule has 0 amide bonds. The molecule has 1 aliphatic heterocycles. The van der Waals surface area contributed by atoms with E-state index in [0.29, 0.717) is 6.04 Å². The van der Waals surface area contributed by atoms with Crippen LogP contribution in [0.2, 0.25) is 0 Å². The Balaban J connectivity index is 1.76. The molecule has 0 spiro atoms. The van der Waals surface area contributed by atoms with Gasteiger partial charge >= 0.3 is 0 Å². The van der Waals surface area contributed by atoms with Crippen molar-refractivity contribution in [3.05, 3.63) is 16.1 Å². The maximum atomic E-state index is 5.32. The number of thiazole rings is 1. The smallest absolute Gasteiger partial charge is 0.107 e. The third kappa shape index (κ3) is 3.26. The zero-order chi connectivity index (χ0) is 10.5. The quantitative estimate of drug-likeness (QED) is 0.852. The maximum absolute atomic E-state index is 5.32. The Morgan fingerprint density at radius 1 is 1.53 bits per heavy atom. The minimum absolute atomic E-state index is 0.618. The van der Waals surface area contributed by atoms with Crippen LogP contribution in [0.3, 0.4) is 0 Å². The Labute approximate surface area is 94.9 Å². The highest BCUT2D eigenvalue weighted by atomic mass is 32.1. The molecule has 1 fully saturated rings. The van der Waals surface area contributed by atoms with Gasteiger partial charge in [-0.25, -0.2) is 4.98 Å². The average molecular weight is 226 g/mol. The van der Waals surface area contributed by atoms with Gasteiger partial charge in [0, 0.05) is 36.9 Å². The summed E-state index contributed by atoms with van der Waals surface area (Å²) in [5.41, 5.74) is 0. The van der Waals surface area contributed by atoms with Gasteiger partial charge in [-0.15, -0.1) is 11.3 Å². The van der Waals surface area contributed by atoms with Crippen molar-refractivity contribution in [2.24, 2.45) is 0 Å². The fraction of sp³-hybridized carbons (Fsp3) is 0.727. The topological polar surface area (TPSA) is 34.2 Å². The van der Waals surface area contributed by atoms with E-state index in [-0.39, 0.29) is 0 Å². The van der Waals surface area contributed by atoms with Crippen LogP contribution in [0.15, 0.2) is 6.20 Å². The van der Waals surface area contributed by atoms with Crippen LogP contribution in [0.5, 0.6) is 0 Å². The fourth-order valence-electron chi connectivity index (χ4n) is 1.73. The van der Waals surface area contributed by atoms with Crippen molar-refractivity contribution in [3.63, 3.8) is 0 Å².